The highest BCUT2D eigenvalue weighted by Crippen LogP contribution is 2.32. The number of benzene rings is 2. The van der Waals surface area contributed by atoms with Crippen LogP contribution in [0.2, 0.25) is 10.0 Å². The van der Waals surface area contributed by atoms with Crippen molar-refractivity contribution < 1.29 is 31.5 Å². The molecular formula is C17H6Cl2F5NO2. The number of ether oxygens (including phenoxy) is 1. The van der Waals surface area contributed by atoms with Crippen molar-refractivity contribution in [1.82, 2.24) is 4.98 Å². The van der Waals surface area contributed by atoms with Crippen LogP contribution >= 0.6 is 23.2 Å². The minimum Gasteiger partial charge on any atom is -0.416 e. The molecule has 0 N–H and O–H groups in total. The van der Waals surface area contributed by atoms with Crippen molar-refractivity contribution >= 4 is 40.1 Å². The third-order valence-corrected chi connectivity index (χ3v) is 4.33. The Morgan fingerprint density at radius 2 is 1.48 bits per heavy atom. The first kappa shape index (κ1) is 19.3. The summed E-state index contributed by atoms with van der Waals surface area (Å²) in [6, 6.07) is 4.21. The predicted molar refractivity (Wildman–Crippen MR) is 87.7 cm³/mol. The van der Waals surface area contributed by atoms with Gasteiger partial charge in [0.1, 0.15) is 5.56 Å². The van der Waals surface area contributed by atoms with Crippen molar-refractivity contribution in [2.75, 3.05) is 0 Å². The highest BCUT2D eigenvalue weighted by atomic mass is 35.5. The van der Waals surface area contributed by atoms with E-state index >= 15 is 0 Å². The van der Waals surface area contributed by atoms with E-state index in [0.717, 1.165) is 0 Å². The van der Waals surface area contributed by atoms with Gasteiger partial charge in [0.2, 0.25) is 34.8 Å². The van der Waals surface area contributed by atoms with Gasteiger partial charge in [0.05, 0.1) is 21.3 Å². The average Bonchev–Trinajstić information content (AvgIpc) is 2.63. The van der Waals surface area contributed by atoms with Crippen LogP contribution in [0.15, 0.2) is 18.2 Å². The summed E-state index contributed by atoms with van der Waals surface area (Å²) in [5, 5.41) is 0.425. The molecule has 0 atom stereocenters. The fourth-order valence-electron chi connectivity index (χ4n) is 2.29. The van der Waals surface area contributed by atoms with Gasteiger partial charge in [-0.3, -0.25) is 4.98 Å². The molecular weight excluding hydrogens is 416 g/mol. The number of esters is 1. The number of fused-ring (bicyclic) bond motifs is 1. The summed E-state index contributed by atoms with van der Waals surface area (Å²) in [7, 11) is 0. The zero-order valence-corrected chi connectivity index (χ0v) is 14.7. The molecule has 0 fully saturated rings. The molecule has 0 bridgehead atoms. The second kappa shape index (κ2) is 6.94. The van der Waals surface area contributed by atoms with E-state index in [1.165, 1.54) is 25.1 Å². The zero-order valence-electron chi connectivity index (χ0n) is 13.1. The SMILES string of the molecule is Cc1nc2c(C(=O)Oc3c(F)c(F)c(F)c(F)c3F)c(Cl)ccc2cc1Cl. The molecule has 0 aliphatic carbocycles. The standard InChI is InChI=1S/C17H6Cl2F5NO2/c1-5-8(19)4-6-2-3-7(18)9(15(6)25-5)17(26)27-16-13(23)11(21)10(20)12(22)14(16)24/h2-4H,1H3. The van der Waals surface area contributed by atoms with Gasteiger partial charge in [0.15, 0.2) is 0 Å². The fraction of sp³-hybridized carbons (Fsp3) is 0.0588. The minimum absolute atomic E-state index is 0.0155. The third kappa shape index (κ3) is 3.19. The van der Waals surface area contributed by atoms with Gasteiger partial charge in [-0.1, -0.05) is 29.3 Å². The molecule has 3 nitrogen and oxygen atoms in total. The topological polar surface area (TPSA) is 39.2 Å². The van der Waals surface area contributed by atoms with E-state index in [0.29, 0.717) is 11.1 Å². The molecule has 0 radical (unpaired) electrons. The van der Waals surface area contributed by atoms with Crippen LogP contribution in [0.4, 0.5) is 22.0 Å². The lowest BCUT2D eigenvalue weighted by Gasteiger charge is -2.11. The molecule has 3 rings (SSSR count). The van der Waals surface area contributed by atoms with Gasteiger partial charge < -0.3 is 4.74 Å². The van der Waals surface area contributed by atoms with E-state index < -0.39 is 46.4 Å². The molecule has 2 aromatic carbocycles. The van der Waals surface area contributed by atoms with Gasteiger partial charge in [0.25, 0.3) is 0 Å². The summed E-state index contributed by atoms with van der Waals surface area (Å²) < 4.78 is 71.6. The van der Waals surface area contributed by atoms with Gasteiger partial charge in [-0.2, -0.15) is 8.78 Å². The van der Waals surface area contributed by atoms with E-state index in [1.54, 1.807) is 0 Å². The Kier molecular flexibility index (Phi) is 4.96. The van der Waals surface area contributed by atoms with Gasteiger partial charge in [0, 0.05) is 5.39 Å². The van der Waals surface area contributed by atoms with Crippen LogP contribution in [-0.4, -0.2) is 11.0 Å². The Labute approximate surface area is 158 Å². The lowest BCUT2D eigenvalue weighted by atomic mass is 10.1. The summed E-state index contributed by atoms with van der Waals surface area (Å²) in [6.45, 7) is 1.53. The highest BCUT2D eigenvalue weighted by Gasteiger charge is 2.30. The Morgan fingerprint density at radius 3 is 2.07 bits per heavy atom. The maximum Gasteiger partial charge on any atom is 0.347 e. The molecule has 10 heteroatoms. The zero-order chi connectivity index (χ0) is 20.0. The van der Waals surface area contributed by atoms with Gasteiger partial charge in [-0.05, 0) is 19.1 Å². The van der Waals surface area contributed by atoms with Gasteiger partial charge in [-0.15, -0.1) is 0 Å². The van der Waals surface area contributed by atoms with Gasteiger partial charge in [-0.25, -0.2) is 18.0 Å². The number of pyridine rings is 1. The molecule has 1 aromatic heterocycles. The Balaban J connectivity index is 2.16. The molecule has 1 heterocycles. The Hall–Kier alpha value is -2.45. The Morgan fingerprint density at radius 1 is 0.926 bits per heavy atom. The first-order valence-corrected chi connectivity index (χ1v) is 7.88. The van der Waals surface area contributed by atoms with Crippen LogP contribution < -0.4 is 4.74 Å². The molecule has 27 heavy (non-hydrogen) atoms. The van der Waals surface area contributed by atoms with Crippen LogP contribution in [0.5, 0.6) is 5.75 Å². The van der Waals surface area contributed by atoms with Crippen molar-refractivity contribution in [3.05, 3.63) is 68.6 Å². The van der Waals surface area contributed by atoms with E-state index in [2.05, 4.69) is 9.72 Å². The summed E-state index contributed by atoms with van der Waals surface area (Å²) in [5.74, 6) is -14.6. The second-order valence-electron chi connectivity index (χ2n) is 5.34. The number of nitrogens with zero attached hydrogens (tertiary/aromatic N) is 1. The number of carbonyl (C=O) groups is 1. The second-order valence-corrected chi connectivity index (χ2v) is 6.15. The lowest BCUT2D eigenvalue weighted by Crippen LogP contribution is -2.15. The van der Waals surface area contributed by atoms with Crippen molar-refractivity contribution in [3.63, 3.8) is 0 Å². The molecule has 140 valence electrons. The first-order valence-electron chi connectivity index (χ1n) is 7.12. The maximum atomic E-state index is 13.7. The third-order valence-electron chi connectivity index (χ3n) is 3.63. The van der Waals surface area contributed by atoms with Crippen LogP contribution in [0.25, 0.3) is 10.9 Å². The van der Waals surface area contributed by atoms with Crippen molar-refractivity contribution in [1.29, 1.82) is 0 Å². The molecule has 0 unspecified atom stereocenters. The van der Waals surface area contributed by atoms with Crippen LogP contribution in [-0.2, 0) is 0 Å². The van der Waals surface area contributed by atoms with Crippen molar-refractivity contribution in [3.8, 4) is 5.75 Å². The number of rotatable bonds is 2. The lowest BCUT2D eigenvalue weighted by molar-refractivity contribution is 0.0718. The quantitative estimate of drug-likeness (QED) is 0.173. The summed E-state index contributed by atoms with van der Waals surface area (Å²) in [5.41, 5.74) is -0.118. The number of carbonyl (C=O) groups excluding carboxylic acids is 1. The number of halogens is 7. The summed E-state index contributed by atoms with van der Waals surface area (Å²) >= 11 is 11.9. The first-order chi connectivity index (χ1) is 12.6. The minimum atomic E-state index is -2.38. The van der Waals surface area contributed by atoms with Crippen molar-refractivity contribution in [2.24, 2.45) is 0 Å². The van der Waals surface area contributed by atoms with Crippen molar-refractivity contribution in [2.45, 2.75) is 6.92 Å². The number of aromatic nitrogens is 1. The number of hydrogen-bond acceptors (Lipinski definition) is 3. The molecule has 0 saturated carbocycles. The van der Waals surface area contributed by atoms with E-state index in [-0.39, 0.29) is 15.6 Å². The maximum absolute atomic E-state index is 13.7. The summed E-state index contributed by atoms with van der Waals surface area (Å²) in [4.78, 5) is 16.5. The normalized spacial score (nSPS) is 11.1. The number of hydrogen-bond donors (Lipinski definition) is 0. The molecule has 0 aliphatic heterocycles. The largest absolute Gasteiger partial charge is 0.416 e. The van der Waals surface area contributed by atoms with Crippen LogP contribution in [0, 0.1) is 36.0 Å². The average molecular weight is 422 g/mol. The van der Waals surface area contributed by atoms with Crippen LogP contribution in [0.3, 0.4) is 0 Å². The molecule has 3 aromatic rings. The summed E-state index contributed by atoms with van der Waals surface area (Å²) in [6.07, 6.45) is 0. The van der Waals surface area contributed by atoms with E-state index in [4.69, 9.17) is 23.2 Å². The van der Waals surface area contributed by atoms with Gasteiger partial charge >= 0.3 is 5.97 Å². The van der Waals surface area contributed by atoms with E-state index in [1.807, 2.05) is 0 Å². The van der Waals surface area contributed by atoms with Crippen LogP contribution in [0.1, 0.15) is 16.1 Å². The Bertz CT molecular complexity index is 1090. The predicted octanol–water partition coefficient (Wildman–Crippen LogP) is 5.76. The van der Waals surface area contributed by atoms with E-state index in [9.17, 15) is 26.7 Å². The molecule has 0 amide bonds. The molecule has 0 aliphatic rings. The monoisotopic (exact) mass is 421 g/mol. The molecule has 0 saturated heterocycles. The highest BCUT2D eigenvalue weighted by molar-refractivity contribution is 6.35. The smallest absolute Gasteiger partial charge is 0.347 e. The number of aryl methyl sites for hydroxylation is 1. The fourth-order valence-corrected chi connectivity index (χ4v) is 2.68. The molecule has 0 spiro atoms.